The summed E-state index contributed by atoms with van der Waals surface area (Å²) in [4.78, 5) is 24.9. The molecule has 0 bridgehead atoms. The van der Waals surface area contributed by atoms with Crippen molar-refractivity contribution < 1.29 is 19.4 Å². The summed E-state index contributed by atoms with van der Waals surface area (Å²) in [5.41, 5.74) is 2.73. The van der Waals surface area contributed by atoms with Gasteiger partial charge in [0.15, 0.2) is 0 Å². The van der Waals surface area contributed by atoms with E-state index in [4.69, 9.17) is 4.74 Å². The smallest absolute Gasteiger partial charge is 0.323 e. The normalized spacial score (nSPS) is 12.0. The number of nitrogens with one attached hydrogen (secondary N) is 1. The lowest BCUT2D eigenvalue weighted by atomic mass is 9.76. The topological polar surface area (TPSA) is 75.6 Å². The Morgan fingerprint density at radius 1 is 0.694 bits per heavy atom. The summed E-state index contributed by atoms with van der Waals surface area (Å²) in [5.74, 6) is -1.46. The zero-order valence-electron chi connectivity index (χ0n) is 19.9. The number of rotatable bonds is 11. The molecular weight excluding hydrogens is 450 g/mol. The summed E-state index contributed by atoms with van der Waals surface area (Å²) in [5, 5.41) is 13.0. The van der Waals surface area contributed by atoms with Crippen molar-refractivity contribution >= 4 is 11.9 Å². The van der Waals surface area contributed by atoms with Gasteiger partial charge in [-0.3, -0.25) is 14.9 Å². The van der Waals surface area contributed by atoms with Gasteiger partial charge in [0.2, 0.25) is 0 Å². The Labute approximate surface area is 211 Å². The molecule has 2 N–H and O–H groups in total. The van der Waals surface area contributed by atoms with Gasteiger partial charge in [-0.1, -0.05) is 121 Å². The highest BCUT2D eigenvalue weighted by molar-refractivity contribution is 5.77. The third-order valence-electron chi connectivity index (χ3n) is 6.17. The van der Waals surface area contributed by atoms with Crippen LogP contribution in [-0.4, -0.2) is 23.1 Å². The molecule has 0 heterocycles. The summed E-state index contributed by atoms with van der Waals surface area (Å²) < 4.78 is 5.68. The van der Waals surface area contributed by atoms with E-state index in [0.29, 0.717) is 0 Å². The van der Waals surface area contributed by atoms with E-state index in [0.717, 1.165) is 22.3 Å². The van der Waals surface area contributed by atoms with Crippen LogP contribution in [0.5, 0.6) is 0 Å². The average Bonchev–Trinajstić information content (AvgIpc) is 2.94. The Morgan fingerprint density at radius 2 is 1.11 bits per heavy atom. The molecule has 4 rings (SSSR count). The molecular formula is C31H29NO4. The van der Waals surface area contributed by atoms with Crippen LogP contribution in [0.2, 0.25) is 0 Å². The second-order valence-electron chi connectivity index (χ2n) is 8.57. The second kappa shape index (κ2) is 12.0. The van der Waals surface area contributed by atoms with Crippen LogP contribution in [0.3, 0.4) is 0 Å². The monoisotopic (exact) mass is 479 g/mol. The zero-order valence-corrected chi connectivity index (χ0v) is 19.9. The van der Waals surface area contributed by atoms with Gasteiger partial charge < -0.3 is 9.84 Å². The van der Waals surface area contributed by atoms with Crippen molar-refractivity contribution in [2.24, 2.45) is 0 Å². The molecule has 5 nitrogen and oxygen atoms in total. The molecule has 0 radical (unpaired) electrons. The van der Waals surface area contributed by atoms with Crippen LogP contribution in [-0.2, 0) is 26.5 Å². The molecule has 0 amide bonds. The van der Waals surface area contributed by atoms with E-state index in [1.54, 1.807) is 0 Å². The fraction of sp³-hybridized carbons (Fsp3) is 0.161. The van der Waals surface area contributed by atoms with Gasteiger partial charge in [-0.15, -0.1) is 0 Å². The molecule has 1 atom stereocenters. The SMILES string of the molecule is O=C(O)CC[C@H](NC(c1ccccc1)(c1ccccc1)c1ccccc1)C(=O)OCc1ccccc1. The predicted octanol–water partition coefficient (Wildman–Crippen LogP) is 5.54. The van der Waals surface area contributed by atoms with Gasteiger partial charge in [-0.2, -0.15) is 0 Å². The molecule has 0 aliphatic rings. The molecule has 0 aliphatic heterocycles. The van der Waals surface area contributed by atoms with Crippen LogP contribution in [0, 0.1) is 0 Å². The first-order valence-electron chi connectivity index (χ1n) is 12.0. The van der Waals surface area contributed by atoms with Gasteiger partial charge in [0.05, 0.1) is 5.54 Å². The Bertz CT molecular complexity index is 1150. The van der Waals surface area contributed by atoms with Gasteiger partial charge in [0.1, 0.15) is 12.6 Å². The van der Waals surface area contributed by atoms with Crippen molar-refractivity contribution in [2.45, 2.75) is 31.0 Å². The minimum Gasteiger partial charge on any atom is -0.481 e. The van der Waals surface area contributed by atoms with E-state index < -0.39 is 23.5 Å². The molecule has 0 aromatic heterocycles. The molecule has 0 unspecified atom stereocenters. The first kappa shape index (κ1) is 24.9. The lowest BCUT2D eigenvalue weighted by Gasteiger charge is -2.39. The predicted molar refractivity (Wildman–Crippen MR) is 139 cm³/mol. The number of hydrogen-bond acceptors (Lipinski definition) is 4. The summed E-state index contributed by atoms with van der Waals surface area (Å²) in [7, 11) is 0. The molecule has 4 aromatic rings. The molecule has 0 saturated carbocycles. The van der Waals surface area contributed by atoms with Crippen LogP contribution >= 0.6 is 0 Å². The van der Waals surface area contributed by atoms with E-state index in [1.807, 2.05) is 121 Å². The first-order chi connectivity index (χ1) is 17.6. The van der Waals surface area contributed by atoms with Crippen LogP contribution < -0.4 is 5.32 Å². The Balaban J connectivity index is 1.78. The maximum Gasteiger partial charge on any atom is 0.323 e. The highest BCUT2D eigenvalue weighted by Crippen LogP contribution is 2.37. The lowest BCUT2D eigenvalue weighted by molar-refractivity contribution is -0.148. The molecule has 0 fully saturated rings. The Kier molecular flexibility index (Phi) is 8.27. The van der Waals surface area contributed by atoms with E-state index in [-0.39, 0.29) is 19.4 Å². The van der Waals surface area contributed by atoms with E-state index in [9.17, 15) is 14.7 Å². The number of esters is 1. The average molecular weight is 480 g/mol. The van der Waals surface area contributed by atoms with Crippen molar-refractivity contribution in [1.29, 1.82) is 0 Å². The van der Waals surface area contributed by atoms with E-state index in [2.05, 4.69) is 5.32 Å². The number of benzene rings is 4. The molecule has 4 aromatic carbocycles. The van der Waals surface area contributed by atoms with E-state index in [1.165, 1.54) is 0 Å². The van der Waals surface area contributed by atoms with Crippen molar-refractivity contribution in [3.63, 3.8) is 0 Å². The highest BCUT2D eigenvalue weighted by Gasteiger charge is 2.40. The van der Waals surface area contributed by atoms with Crippen molar-refractivity contribution in [1.82, 2.24) is 5.32 Å². The minimum atomic E-state index is -0.970. The van der Waals surface area contributed by atoms with Crippen molar-refractivity contribution in [3.8, 4) is 0 Å². The maximum absolute atomic E-state index is 13.4. The number of carbonyl (C=O) groups is 2. The summed E-state index contributed by atoms with van der Waals surface area (Å²) in [6.45, 7) is 0.111. The first-order valence-corrected chi connectivity index (χ1v) is 12.0. The minimum absolute atomic E-state index is 0.0806. The number of aliphatic carboxylic acids is 1. The number of carboxylic acid groups (broad SMARTS) is 1. The van der Waals surface area contributed by atoms with Gasteiger partial charge in [0.25, 0.3) is 0 Å². The summed E-state index contributed by atoms with van der Waals surface area (Å²) in [6.07, 6.45) is -0.0935. The van der Waals surface area contributed by atoms with Gasteiger partial charge in [-0.25, -0.2) is 0 Å². The largest absolute Gasteiger partial charge is 0.481 e. The van der Waals surface area contributed by atoms with Crippen LogP contribution in [0.1, 0.15) is 35.1 Å². The van der Waals surface area contributed by atoms with E-state index >= 15 is 0 Å². The lowest BCUT2D eigenvalue weighted by Crippen LogP contribution is -2.53. The zero-order chi connectivity index (χ0) is 25.2. The third kappa shape index (κ3) is 5.88. The Morgan fingerprint density at radius 3 is 1.53 bits per heavy atom. The van der Waals surface area contributed by atoms with Crippen LogP contribution in [0.4, 0.5) is 0 Å². The molecule has 0 spiro atoms. The number of carboxylic acids is 1. The van der Waals surface area contributed by atoms with Crippen LogP contribution in [0.15, 0.2) is 121 Å². The molecule has 0 saturated heterocycles. The Hall–Kier alpha value is -4.22. The third-order valence-corrected chi connectivity index (χ3v) is 6.17. The molecule has 182 valence electrons. The highest BCUT2D eigenvalue weighted by atomic mass is 16.5. The number of hydrogen-bond donors (Lipinski definition) is 2. The van der Waals surface area contributed by atoms with Gasteiger partial charge in [0, 0.05) is 6.42 Å². The van der Waals surface area contributed by atoms with Gasteiger partial charge in [-0.05, 0) is 28.7 Å². The molecule has 0 aliphatic carbocycles. The fourth-order valence-electron chi connectivity index (χ4n) is 4.42. The van der Waals surface area contributed by atoms with Crippen molar-refractivity contribution in [3.05, 3.63) is 144 Å². The van der Waals surface area contributed by atoms with Gasteiger partial charge >= 0.3 is 11.9 Å². The summed E-state index contributed by atoms with van der Waals surface area (Å²) >= 11 is 0. The second-order valence-corrected chi connectivity index (χ2v) is 8.57. The molecule has 5 heteroatoms. The molecule has 36 heavy (non-hydrogen) atoms. The fourth-order valence-corrected chi connectivity index (χ4v) is 4.42. The standard InChI is InChI=1S/C31H29NO4/c33-29(34)22-21-28(30(35)36-23-24-13-5-1-6-14-24)32-31(25-15-7-2-8-16-25,26-17-9-3-10-18-26)27-19-11-4-12-20-27/h1-20,28,32H,21-23H2,(H,33,34)/t28-/m0/s1. The summed E-state index contributed by atoms with van der Waals surface area (Å²) in [6, 6.07) is 38.2. The quantitative estimate of drug-likeness (QED) is 0.218. The van der Waals surface area contributed by atoms with Crippen LogP contribution in [0.25, 0.3) is 0 Å². The number of ether oxygens (including phenoxy) is 1. The van der Waals surface area contributed by atoms with Crippen molar-refractivity contribution in [2.75, 3.05) is 0 Å². The maximum atomic E-state index is 13.4. The number of carbonyl (C=O) groups excluding carboxylic acids is 1.